The van der Waals surface area contributed by atoms with Crippen LogP contribution in [0.1, 0.15) is 5.56 Å². The number of aryl methyl sites for hydroxylation is 1. The molecule has 2 aromatic carbocycles. The Labute approximate surface area is 123 Å². The summed E-state index contributed by atoms with van der Waals surface area (Å²) in [5.41, 5.74) is 2.18. The molecule has 0 bridgehead atoms. The molecular weight excluding hydrogens is 296 g/mol. The van der Waals surface area contributed by atoms with Crippen LogP contribution in [0.2, 0.25) is 5.02 Å². The Hall–Kier alpha value is -1.72. The molecule has 0 aromatic heterocycles. The van der Waals surface area contributed by atoms with Gasteiger partial charge < -0.3 is 5.32 Å². The molecule has 2 aromatic rings. The van der Waals surface area contributed by atoms with Crippen molar-refractivity contribution in [3.05, 3.63) is 53.1 Å². The second-order valence-corrected chi connectivity index (χ2v) is 6.45. The van der Waals surface area contributed by atoms with E-state index in [9.17, 15) is 8.42 Å². The topological polar surface area (TPSA) is 58.2 Å². The molecule has 106 valence electrons. The van der Waals surface area contributed by atoms with Crippen LogP contribution in [0.5, 0.6) is 0 Å². The summed E-state index contributed by atoms with van der Waals surface area (Å²) in [6, 6.07) is 11.6. The van der Waals surface area contributed by atoms with Crippen molar-refractivity contribution < 1.29 is 8.42 Å². The first-order valence-electron chi connectivity index (χ1n) is 5.99. The third-order valence-corrected chi connectivity index (χ3v) is 4.52. The second kappa shape index (κ2) is 5.73. The molecule has 2 rings (SSSR count). The van der Waals surface area contributed by atoms with Crippen molar-refractivity contribution in [2.45, 2.75) is 11.8 Å². The molecule has 0 saturated carbocycles. The number of anilines is 2. The lowest BCUT2D eigenvalue weighted by atomic mass is 10.2. The van der Waals surface area contributed by atoms with Gasteiger partial charge in [0.1, 0.15) is 0 Å². The molecular formula is C14H15ClN2O2S. The average molecular weight is 311 g/mol. The highest BCUT2D eigenvalue weighted by Gasteiger charge is 2.15. The minimum Gasteiger partial charge on any atom is -0.388 e. The van der Waals surface area contributed by atoms with Crippen molar-refractivity contribution in [1.29, 1.82) is 0 Å². The molecule has 2 N–H and O–H groups in total. The Morgan fingerprint density at radius 1 is 1.05 bits per heavy atom. The first kappa shape index (κ1) is 14.7. The number of hydrogen-bond donors (Lipinski definition) is 2. The Bertz CT molecular complexity index is 712. The second-order valence-electron chi connectivity index (χ2n) is 4.36. The number of benzene rings is 2. The number of halogens is 1. The zero-order valence-corrected chi connectivity index (χ0v) is 12.7. The molecule has 0 fully saturated rings. The lowest BCUT2D eigenvalue weighted by Gasteiger charge is -2.10. The molecule has 0 heterocycles. The molecule has 0 atom stereocenters. The average Bonchev–Trinajstić information content (AvgIpc) is 2.42. The molecule has 0 aliphatic heterocycles. The van der Waals surface area contributed by atoms with Crippen LogP contribution in [0.15, 0.2) is 47.4 Å². The molecule has 6 heteroatoms. The maximum atomic E-state index is 12.2. The van der Waals surface area contributed by atoms with E-state index < -0.39 is 10.0 Å². The SMILES string of the molecule is CNc1ccc(S(=O)(=O)Nc2ccc(C)cc2Cl)cc1. The monoisotopic (exact) mass is 310 g/mol. The van der Waals surface area contributed by atoms with Crippen molar-refractivity contribution in [3.8, 4) is 0 Å². The molecule has 0 saturated heterocycles. The van der Waals surface area contributed by atoms with E-state index in [0.29, 0.717) is 10.7 Å². The van der Waals surface area contributed by atoms with E-state index in [2.05, 4.69) is 10.0 Å². The van der Waals surface area contributed by atoms with Gasteiger partial charge in [0.15, 0.2) is 0 Å². The van der Waals surface area contributed by atoms with Crippen LogP contribution in [0.25, 0.3) is 0 Å². The summed E-state index contributed by atoms with van der Waals surface area (Å²) < 4.78 is 27.0. The Morgan fingerprint density at radius 3 is 2.25 bits per heavy atom. The first-order valence-corrected chi connectivity index (χ1v) is 7.85. The quantitative estimate of drug-likeness (QED) is 0.909. The van der Waals surface area contributed by atoms with Crippen LogP contribution in [-0.4, -0.2) is 15.5 Å². The standard InChI is InChI=1S/C14H15ClN2O2S/c1-10-3-8-14(13(15)9-10)17-20(18,19)12-6-4-11(16-2)5-7-12/h3-9,16-17H,1-2H3. The number of sulfonamides is 1. The highest BCUT2D eigenvalue weighted by Crippen LogP contribution is 2.25. The molecule has 0 aliphatic rings. The number of nitrogens with one attached hydrogen (secondary N) is 2. The predicted molar refractivity (Wildman–Crippen MR) is 83.0 cm³/mol. The van der Waals surface area contributed by atoms with E-state index in [-0.39, 0.29) is 4.90 Å². The van der Waals surface area contributed by atoms with Gasteiger partial charge in [-0.1, -0.05) is 17.7 Å². The van der Waals surface area contributed by atoms with Gasteiger partial charge in [-0.15, -0.1) is 0 Å². The molecule has 0 spiro atoms. The summed E-state index contributed by atoms with van der Waals surface area (Å²) >= 11 is 6.03. The summed E-state index contributed by atoms with van der Waals surface area (Å²) in [5.74, 6) is 0. The van der Waals surface area contributed by atoms with E-state index in [1.165, 1.54) is 12.1 Å². The predicted octanol–water partition coefficient (Wildman–Crippen LogP) is 3.49. The maximum Gasteiger partial charge on any atom is 0.261 e. The highest BCUT2D eigenvalue weighted by molar-refractivity contribution is 7.92. The smallest absolute Gasteiger partial charge is 0.261 e. The summed E-state index contributed by atoms with van der Waals surface area (Å²) in [7, 11) is -1.86. The minimum absolute atomic E-state index is 0.188. The Balaban J connectivity index is 2.30. The van der Waals surface area contributed by atoms with Gasteiger partial charge in [-0.05, 0) is 48.9 Å². The summed E-state index contributed by atoms with van der Waals surface area (Å²) in [6.07, 6.45) is 0. The minimum atomic E-state index is -3.64. The van der Waals surface area contributed by atoms with Crippen molar-refractivity contribution >= 4 is 33.0 Å². The van der Waals surface area contributed by atoms with E-state index in [4.69, 9.17) is 11.6 Å². The molecule has 0 amide bonds. The van der Waals surface area contributed by atoms with Crippen molar-refractivity contribution in [2.75, 3.05) is 17.1 Å². The fourth-order valence-corrected chi connectivity index (χ4v) is 3.13. The van der Waals surface area contributed by atoms with Gasteiger partial charge in [-0.3, -0.25) is 4.72 Å². The summed E-state index contributed by atoms with van der Waals surface area (Å²) in [5, 5.41) is 3.31. The zero-order chi connectivity index (χ0) is 14.8. The maximum absolute atomic E-state index is 12.2. The van der Waals surface area contributed by atoms with Gasteiger partial charge in [-0.25, -0.2) is 8.42 Å². The van der Waals surface area contributed by atoms with Crippen LogP contribution >= 0.6 is 11.6 Å². The number of rotatable bonds is 4. The summed E-state index contributed by atoms with van der Waals surface area (Å²) in [6.45, 7) is 1.89. The molecule has 20 heavy (non-hydrogen) atoms. The van der Waals surface area contributed by atoms with Crippen LogP contribution in [0.3, 0.4) is 0 Å². The van der Waals surface area contributed by atoms with Crippen LogP contribution < -0.4 is 10.0 Å². The van der Waals surface area contributed by atoms with E-state index >= 15 is 0 Å². The lowest BCUT2D eigenvalue weighted by molar-refractivity contribution is 0.601. The fraction of sp³-hybridized carbons (Fsp3) is 0.143. The molecule has 0 radical (unpaired) electrons. The largest absolute Gasteiger partial charge is 0.388 e. The molecule has 0 unspecified atom stereocenters. The Kier molecular flexibility index (Phi) is 4.20. The van der Waals surface area contributed by atoms with E-state index in [0.717, 1.165) is 11.3 Å². The third-order valence-electron chi connectivity index (χ3n) is 2.82. The van der Waals surface area contributed by atoms with E-state index in [1.54, 1.807) is 37.4 Å². The highest BCUT2D eigenvalue weighted by atomic mass is 35.5. The Morgan fingerprint density at radius 2 is 1.70 bits per heavy atom. The van der Waals surface area contributed by atoms with Gasteiger partial charge in [0.25, 0.3) is 10.0 Å². The van der Waals surface area contributed by atoms with Crippen LogP contribution in [0.4, 0.5) is 11.4 Å². The van der Waals surface area contributed by atoms with Crippen molar-refractivity contribution in [3.63, 3.8) is 0 Å². The summed E-state index contributed by atoms with van der Waals surface area (Å²) in [4.78, 5) is 0.188. The van der Waals surface area contributed by atoms with Crippen LogP contribution in [-0.2, 0) is 10.0 Å². The number of hydrogen-bond acceptors (Lipinski definition) is 3. The molecule has 4 nitrogen and oxygen atoms in total. The van der Waals surface area contributed by atoms with Gasteiger partial charge in [0.2, 0.25) is 0 Å². The van der Waals surface area contributed by atoms with Gasteiger partial charge >= 0.3 is 0 Å². The van der Waals surface area contributed by atoms with Crippen molar-refractivity contribution in [2.24, 2.45) is 0 Å². The first-order chi connectivity index (χ1) is 9.42. The van der Waals surface area contributed by atoms with Crippen molar-refractivity contribution in [1.82, 2.24) is 0 Å². The molecule has 0 aliphatic carbocycles. The third kappa shape index (κ3) is 3.23. The lowest BCUT2D eigenvalue weighted by Crippen LogP contribution is -2.13. The normalized spacial score (nSPS) is 11.2. The van der Waals surface area contributed by atoms with Gasteiger partial charge in [0, 0.05) is 12.7 Å². The van der Waals surface area contributed by atoms with Crippen LogP contribution in [0, 0.1) is 6.92 Å². The van der Waals surface area contributed by atoms with Gasteiger partial charge in [-0.2, -0.15) is 0 Å². The fourth-order valence-electron chi connectivity index (χ4n) is 1.71. The van der Waals surface area contributed by atoms with E-state index in [1.807, 2.05) is 6.92 Å². The zero-order valence-electron chi connectivity index (χ0n) is 11.1. The van der Waals surface area contributed by atoms with Gasteiger partial charge in [0.05, 0.1) is 15.6 Å².